The van der Waals surface area contributed by atoms with E-state index in [2.05, 4.69) is 20.3 Å². The zero-order chi connectivity index (χ0) is 21.4. The van der Waals surface area contributed by atoms with Crippen LogP contribution in [0.1, 0.15) is 33.4 Å². The van der Waals surface area contributed by atoms with Gasteiger partial charge in [-0.3, -0.25) is 4.79 Å². The zero-order valence-electron chi connectivity index (χ0n) is 16.7. The number of hydrogen-bond donors (Lipinski definition) is 2. The Labute approximate surface area is 172 Å². The minimum atomic E-state index is -0.536. The van der Waals surface area contributed by atoms with Crippen LogP contribution in [0.2, 0.25) is 0 Å². The molecule has 1 aliphatic rings. The molecule has 3 heterocycles. The molecule has 0 fully saturated rings. The number of ether oxygens (including phenoxy) is 2. The van der Waals surface area contributed by atoms with Gasteiger partial charge < -0.3 is 20.5 Å². The lowest BCUT2D eigenvalue weighted by molar-refractivity contribution is 0.0922. The molecule has 0 aliphatic carbocycles. The summed E-state index contributed by atoms with van der Waals surface area (Å²) < 4.78 is 24.9. The molecule has 4 rings (SSSR count). The summed E-state index contributed by atoms with van der Waals surface area (Å²) in [5.41, 5.74) is 8.91. The average Bonchev–Trinajstić information content (AvgIpc) is 2.72. The van der Waals surface area contributed by atoms with Crippen molar-refractivity contribution in [2.45, 2.75) is 19.4 Å². The van der Waals surface area contributed by atoms with Crippen molar-refractivity contribution in [3.63, 3.8) is 0 Å². The van der Waals surface area contributed by atoms with Crippen LogP contribution in [0.25, 0.3) is 11.3 Å². The van der Waals surface area contributed by atoms with Crippen LogP contribution in [-0.2, 0) is 6.42 Å². The Balaban J connectivity index is 1.86. The number of rotatable bonds is 4. The summed E-state index contributed by atoms with van der Waals surface area (Å²) in [7, 11) is 2.89. The maximum Gasteiger partial charge on any atom is 0.255 e. The topological polar surface area (TPSA) is 112 Å². The third-order valence-electron chi connectivity index (χ3n) is 5.02. The molecule has 3 N–H and O–H groups in total. The molecule has 0 saturated carbocycles. The third kappa shape index (κ3) is 3.38. The Hall–Kier alpha value is -3.75. The van der Waals surface area contributed by atoms with E-state index in [9.17, 15) is 9.18 Å². The van der Waals surface area contributed by atoms with Crippen LogP contribution in [0.5, 0.6) is 11.6 Å². The Morgan fingerprint density at radius 3 is 2.70 bits per heavy atom. The SMILES string of the molecule is COc1cccc(-c2cc(F)c(OC)cc2[C@H]2Cc3nc(N)nc(C)c3C(=O)N2)n1. The lowest BCUT2D eigenvalue weighted by atomic mass is 9.90. The van der Waals surface area contributed by atoms with E-state index in [1.165, 1.54) is 20.3 Å². The molecule has 8 nitrogen and oxygen atoms in total. The number of nitrogens with two attached hydrogens (primary N) is 1. The van der Waals surface area contributed by atoms with Crippen LogP contribution in [0, 0.1) is 12.7 Å². The van der Waals surface area contributed by atoms with Crippen LogP contribution >= 0.6 is 0 Å². The van der Waals surface area contributed by atoms with E-state index in [1.54, 1.807) is 31.2 Å². The largest absolute Gasteiger partial charge is 0.494 e. The van der Waals surface area contributed by atoms with Gasteiger partial charge in [-0.1, -0.05) is 6.07 Å². The standard InChI is InChI=1S/C21H20FN5O3/c1-10-19-16(27-21(23)24-10)9-15(26-20(19)28)12-8-17(29-2)13(22)7-11(12)14-5-4-6-18(25-14)30-3/h4-8,15H,9H2,1-3H3,(H,26,28)(H2,23,24,27)/t15-/m1/s1. The van der Waals surface area contributed by atoms with Crippen molar-refractivity contribution in [3.05, 3.63) is 58.7 Å². The van der Waals surface area contributed by atoms with Crippen LogP contribution in [0.3, 0.4) is 0 Å². The van der Waals surface area contributed by atoms with Crippen LogP contribution in [0.15, 0.2) is 30.3 Å². The van der Waals surface area contributed by atoms with E-state index in [0.717, 1.165) is 0 Å². The summed E-state index contributed by atoms with van der Waals surface area (Å²) in [6, 6.07) is 7.63. The quantitative estimate of drug-likeness (QED) is 0.681. The van der Waals surface area contributed by atoms with E-state index >= 15 is 0 Å². The monoisotopic (exact) mass is 409 g/mol. The molecular weight excluding hydrogens is 389 g/mol. The van der Waals surface area contributed by atoms with Gasteiger partial charge in [0.15, 0.2) is 11.6 Å². The summed E-state index contributed by atoms with van der Waals surface area (Å²) in [6.07, 6.45) is 0.361. The first kappa shape index (κ1) is 19.6. The molecule has 154 valence electrons. The second kappa shape index (κ2) is 7.58. The average molecular weight is 409 g/mol. The lowest BCUT2D eigenvalue weighted by Gasteiger charge is -2.28. The highest BCUT2D eigenvalue weighted by molar-refractivity contribution is 5.98. The Bertz CT molecular complexity index is 1150. The molecule has 0 spiro atoms. The van der Waals surface area contributed by atoms with Crippen LogP contribution < -0.4 is 20.5 Å². The number of methoxy groups -OCH3 is 2. The van der Waals surface area contributed by atoms with Crippen molar-refractivity contribution >= 4 is 11.9 Å². The predicted octanol–water partition coefficient (Wildman–Crippen LogP) is 2.61. The molecule has 0 bridgehead atoms. The molecule has 9 heteroatoms. The fourth-order valence-corrected chi connectivity index (χ4v) is 3.68. The van der Waals surface area contributed by atoms with E-state index in [4.69, 9.17) is 15.2 Å². The van der Waals surface area contributed by atoms with Gasteiger partial charge in [-0.05, 0) is 30.7 Å². The number of aryl methyl sites for hydroxylation is 1. The minimum Gasteiger partial charge on any atom is -0.494 e. The summed E-state index contributed by atoms with van der Waals surface area (Å²) in [6.45, 7) is 1.71. The highest BCUT2D eigenvalue weighted by Gasteiger charge is 2.31. The smallest absolute Gasteiger partial charge is 0.255 e. The van der Waals surface area contributed by atoms with E-state index in [0.29, 0.717) is 46.1 Å². The molecular formula is C21H20FN5O3. The minimum absolute atomic E-state index is 0.0649. The second-order valence-corrected chi connectivity index (χ2v) is 6.86. The van der Waals surface area contributed by atoms with Crippen molar-refractivity contribution < 1.29 is 18.7 Å². The first-order valence-corrected chi connectivity index (χ1v) is 9.24. The number of fused-ring (bicyclic) bond motifs is 1. The molecule has 1 amide bonds. The van der Waals surface area contributed by atoms with Gasteiger partial charge in [-0.2, -0.15) is 0 Å². The van der Waals surface area contributed by atoms with Gasteiger partial charge in [0.25, 0.3) is 5.91 Å². The Kier molecular flexibility index (Phi) is 4.94. The molecule has 1 atom stereocenters. The summed E-state index contributed by atoms with van der Waals surface area (Å²) in [4.78, 5) is 25.5. The molecule has 1 aliphatic heterocycles. The number of benzene rings is 1. The van der Waals surface area contributed by atoms with Crippen molar-refractivity contribution in [2.24, 2.45) is 0 Å². The predicted molar refractivity (Wildman–Crippen MR) is 108 cm³/mol. The van der Waals surface area contributed by atoms with E-state index < -0.39 is 11.9 Å². The number of hydrogen-bond acceptors (Lipinski definition) is 7. The molecule has 30 heavy (non-hydrogen) atoms. The maximum absolute atomic E-state index is 14.6. The number of pyridine rings is 1. The van der Waals surface area contributed by atoms with Gasteiger partial charge in [0.05, 0.1) is 42.9 Å². The first-order chi connectivity index (χ1) is 14.4. The number of halogens is 1. The molecule has 0 radical (unpaired) electrons. The van der Waals surface area contributed by atoms with Crippen molar-refractivity contribution in [1.82, 2.24) is 20.3 Å². The van der Waals surface area contributed by atoms with Crippen molar-refractivity contribution in [1.29, 1.82) is 0 Å². The van der Waals surface area contributed by atoms with E-state index in [-0.39, 0.29) is 17.6 Å². The van der Waals surface area contributed by atoms with Crippen LogP contribution in [0.4, 0.5) is 10.3 Å². The second-order valence-electron chi connectivity index (χ2n) is 6.86. The number of carbonyl (C=O) groups is 1. The lowest BCUT2D eigenvalue weighted by Crippen LogP contribution is -2.37. The van der Waals surface area contributed by atoms with Crippen LogP contribution in [-0.4, -0.2) is 35.1 Å². The van der Waals surface area contributed by atoms with Gasteiger partial charge in [-0.25, -0.2) is 19.3 Å². The normalized spacial score (nSPS) is 15.3. The number of anilines is 1. The number of nitrogens with zero attached hydrogens (tertiary/aromatic N) is 3. The van der Waals surface area contributed by atoms with Gasteiger partial charge in [0.2, 0.25) is 11.8 Å². The maximum atomic E-state index is 14.6. The highest BCUT2D eigenvalue weighted by Crippen LogP contribution is 2.36. The molecule has 0 unspecified atom stereocenters. The van der Waals surface area contributed by atoms with Gasteiger partial charge in [0.1, 0.15) is 0 Å². The summed E-state index contributed by atoms with van der Waals surface area (Å²) in [5.74, 6) is -0.289. The Morgan fingerprint density at radius 2 is 1.97 bits per heavy atom. The molecule has 1 aromatic carbocycles. The fraction of sp³-hybridized carbons (Fsp3) is 0.238. The third-order valence-corrected chi connectivity index (χ3v) is 5.02. The Morgan fingerprint density at radius 1 is 1.17 bits per heavy atom. The number of nitrogens with one attached hydrogen (secondary N) is 1. The summed E-state index contributed by atoms with van der Waals surface area (Å²) in [5, 5.41) is 2.96. The van der Waals surface area contributed by atoms with E-state index in [1.807, 2.05) is 0 Å². The van der Waals surface area contributed by atoms with Gasteiger partial charge >= 0.3 is 0 Å². The summed E-state index contributed by atoms with van der Waals surface area (Å²) >= 11 is 0. The van der Waals surface area contributed by atoms with Gasteiger partial charge in [0, 0.05) is 18.1 Å². The molecule has 3 aromatic rings. The number of nitrogen functional groups attached to an aromatic ring is 1. The number of aromatic nitrogens is 3. The van der Waals surface area contributed by atoms with Gasteiger partial charge in [-0.15, -0.1) is 0 Å². The number of carbonyl (C=O) groups excluding carboxylic acids is 1. The number of amides is 1. The zero-order valence-corrected chi connectivity index (χ0v) is 16.7. The molecule has 2 aromatic heterocycles. The van der Waals surface area contributed by atoms with Crippen molar-refractivity contribution in [2.75, 3.05) is 20.0 Å². The first-order valence-electron chi connectivity index (χ1n) is 9.24. The van der Waals surface area contributed by atoms with Crippen molar-refractivity contribution in [3.8, 4) is 22.9 Å². The molecule has 0 saturated heterocycles. The highest BCUT2D eigenvalue weighted by atomic mass is 19.1. The fourth-order valence-electron chi connectivity index (χ4n) is 3.68.